The number of methoxy groups -OCH3 is 1. The van der Waals surface area contributed by atoms with Crippen LogP contribution in [-0.4, -0.2) is 62.5 Å². The van der Waals surface area contributed by atoms with Gasteiger partial charge in [0.1, 0.15) is 17.9 Å². The molecule has 0 atom stereocenters. The number of ether oxygens (including phenoxy) is 3. The van der Waals surface area contributed by atoms with Gasteiger partial charge < -0.3 is 34.3 Å². The van der Waals surface area contributed by atoms with E-state index in [0.717, 1.165) is 49.0 Å². The molecule has 2 aliphatic heterocycles. The van der Waals surface area contributed by atoms with Crippen LogP contribution in [0.25, 0.3) is 0 Å². The summed E-state index contributed by atoms with van der Waals surface area (Å²) in [6.45, 7) is 8.65. The summed E-state index contributed by atoms with van der Waals surface area (Å²) in [5.74, 6) is 1.05. The van der Waals surface area contributed by atoms with Crippen molar-refractivity contribution in [1.82, 2.24) is 9.97 Å². The molecule has 39 heavy (non-hydrogen) atoms. The monoisotopic (exact) mass is 571 g/mol. The van der Waals surface area contributed by atoms with Gasteiger partial charge in [-0.3, -0.25) is 0 Å². The van der Waals surface area contributed by atoms with Crippen LogP contribution < -0.4 is 25.6 Å². The number of anilines is 5. The van der Waals surface area contributed by atoms with Crippen molar-refractivity contribution in [3.63, 3.8) is 0 Å². The van der Waals surface area contributed by atoms with Crippen LogP contribution in [0.1, 0.15) is 25.3 Å². The summed E-state index contributed by atoms with van der Waals surface area (Å²) < 4.78 is 30.4. The highest BCUT2D eigenvalue weighted by Crippen LogP contribution is 2.40. The predicted octanol–water partition coefficient (Wildman–Crippen LogP) is 5.78. The number of hydrogen-bond donors (Lipinski definition) is 2. The molecule has 9 nitrogen and oxygen atoms in total. The molecule has 208 valence electrons. The fourth-order valence-corrected chi connectivity index (χ4v) is 6.44. The molecule has 0 aliphatic carbocycles. The van der Waals surface area contributed by atoms with Crippen molar-refractivity contribution in [2.75, 3.05) is 62.3 Å². The summed E-state index contributed by atoms with van der Waals surface area (Å²) in [6, 6.07) is 11.6. The molecule has 1 aromatic heterocycles. The van der Waals surface area contributed by atoms with Gasteiger partial charge in [-0.15, -0.1) is 0 Å². The first-order valence-electron chi connectivity index (χ1n) is 13.2. The van der Waals surface area contributed by atoms with Crippen molar-refractivity contribution < 1.29 is 18.8 Å². The minimum Gasteiger partial charge on any atom is -0.494 e. The fraction of sp³-hybridized carbons (Fsp3) is 0.429. The Morgan fingerprint density at radius 2 is 1.82 bits per heavy atom. The molecule has 0 radical (unpaired) electrons. The van der Waals surface area contributed by atoms with E-state index < -0.39 is 12.9 Å². The van der Waals surface area contributed by atoms with Gasteiger partial charge in [0.2, 0.25) is 5.95 Å². The lowest BCUT2D eigenvalue weighted by atomic mass is 10.0. The molecule has 2 fully saturated rings. The highest BCUT2D eigenvalue weighted by molar-refractivity contribution is 7.70. The third kappa shape index (κ3) is 6.02. The maximum absolute atomic E-state index is 12.8. The SMILES string of the molecule is CCc1cc(Nc2ncc(Cl)c(Nc3ccccc3P(C)(C)=O)n2)c(OC)cc1N1CCC2(CC1)OCCO2. The van der Waals surface area contributed by atoms with Crippen molar-refractivity contribution in [3.05, 3.63) is 53.2 Å². The number of aryl methyl sites for hydroxylation is 1. The third-order valence-corrected chi connectivity index (χ3v) is 9.02. The lowest BCUT2D eigenvalue weighted by Crippen LogP contribution is -2.45. The highest BCUT2D eigenvalue weighted by Gasteiger charge is 2.40. The largest absolute Gasteiger partial charge is 0.494 e. The van der Waals surface area contributed by atoms with E-state index in [1.165, 1.54) is 11.8 Å². The van der Waals surface area contributed by atoms with Crippen molar-refractivity contribution in [1.29, 1.82) is 0 Å². The number of halogens is 1. The second-order valence-electron chi connectivity index (χ2n) is 10.1. The number of benzene rings is 2. The Kier molecular flexibility index (Phi) is 8.06. The molecule has 11 heteroatoms. The second kappa shape index (κ2) is 11.3. The van der Waals surface area contributed by atoms with Crippen molar-refractivity contribution >= 4 is 52.9 Å². The first-order valence-corrected chi connectivity index (χ1v) is 16.1. The Bertz CT molecular complexity index is 1380. The van der Waals surface area contributed by atoms with Gasteiger partial charge in [0, 0.05) is 43.0 Å². The molecule has 2 aliphatic rings. The zero-order valence-electron chi connectivity index (χ0n) is 22.8. The van der Waals surface area contributed by atoms with Gasteiger partial charge in [-0.2, -0.15) is 4.98 Å². The second-order valence-corrected chi connectivity index (χ2v) is 13.7. The van der Waals surface area contributed by atoms with E-state index in [1.807, 2.05) is 24.3 Å². The summed E-state index contributed by atoms with van der Waals surface area (Å²) >= 11 is 6.44. The molecule has 1 spiro atoms. The van der Waals surface area contributed by atoms with Gasteiger partial charge in [0.25, 0.3) is 0 Å². The van der Waals surface area contributed by atoms with Gasteiger partial charge in [-0.25, -0.2) is 4.98 Å². The topological polar surface area (TPSA) is 97.8 Å². The van der Waals surface area contributed by atoms with Crippen LogP contribution in [0.15, 0.2) is 42.6 Å². The summed E-state index contributed by atoms with van der Waals surface area (Å²) in [5, 5.41) is 7.63. The number of nitrogens with zero attached hydrogens (tertiary/aromatic N) is 3. The highest BCUT2D eigenvalue weighted by atomic mass is 35.5. The standard InChI is InChI=1S/C28H35ClN5O4P/c1-5-19-16-22(24(36-2)17-23(19)34-12-10-28(11-13-34)37-14-15-38-28)32-27-30-18-20(29)26(33-27)31-21-8-6-7-9-25(21)39(3,4)35/h6-9,16-18H,5,10-15H2,1-4H3,(H2,30,31,32,33). The first-order chi connectivity index (χ1) is 18.7. The molecule has 2 N–H and O–H groups in total. The van der Waals surface area contributed by atoms with Crippen LogP contribution in [0.3, 0.4) is 0 Å². The third-order valence-electron chi connectivity index (χ3n) is 7.19. The van der Waals surface area contributed by atoms with Crippen LogP contribution in [0.2, 0.25) is 5.02 Å². The smallest absolute Gasteiger partial charge is 0.229 e. The summed E-state index contributed by atoms with van der Waals surface area (Å²) in [4.78, 5) is 11.4. The maximum atomic E-state index is 12.8. The summed E-state index contributed by atoms with van der Waals surface area (Å²) in [6.07, 6.45) is 4.06. The van der Waals surface area contributed by atoms with E-state index in [9.17, 15) is 4.57 Å². The van der Waals surface area contributed by atoms with Gasteiger partial charge in [-0.1, -0.05) is 30.7 Å². The average molecular weight is 572 g/mol. The van der Waals surface area contributed by atoms with E-state index in [2.05, 4.69) is 44.6 Å². The van der Waals surface area contributed by atoms with Gasteiger partial charge in [-0.05, 0) is 43.5 Å². The molecule has 2 saturated heterocycles. The molecule has 0 amide bonds. The zero-order chi connectivity index (χ0) is 27.6. The Labute approximate surface area is 234 Å². The lowest BCUT2D eigenvalue weighted by Gasteiger charge is -2.39. The lowest BCUT2D eigenvalue weighted by molar-refractivity contribution is -0.169. The number of para-hydroxylation sites is 1. The number of aromatic nitrogens is 2. The average Bonchev–Trinajstić information content (AvgIpc) is 3.38. The first kappa shape index (κ1) is 27.7. The molecule has 0 saturated carbocycles. The number of rotatable bonds is 8. The molecule has 3 heterocycles. The Morgan fingerprint density at radius 3 is 2.49 bits per heavy atom. The van der Waals surface area contributed by atoms with E-state index in [1.54, 1.807) is 20.4 Å². The van der Waals surface area contributed by atoms with Crippen molar-refractivity contribution in [2.24, 2.45) is 0 Å². The Morgan fingerprint density at radius 1 is 1.10 bits per heavy atom. The van der Waals surface area contributed by atoms with Crippen LogP contribution in [0, 0.1) is 0 Å². The van der Waals surface area contributed by atoms with Crippen LogP contribution in [0.4, 0.5) is 28.8 Å². The molecule has 0 bridgehead atoms. The quantitative estimate of drug-likeness (QED) is 0.326. The van der Waals surface area contributed by atoms with Crippen molar-refractivity contribution in [3.8, 4) is 5.75 Å². The summed E-state index contributed by atoms with van der Waals surface area (Å²) in [5.41, 5.74) is 3.79. The number of piperidine rings is 1. The van der Waals surface area contributed by atoms with Gasteiger partial charge in [0.05, 0.1) is 37.9 Å². The van der Waals surface area contributed by atoms with Crippen molar-refractivity contribution in [2.45, 2.75) is 32.0 Å². The number of hydrogen-bond acceptors (Lipinski definition) is 9. The van der Waals surface area contributed by atoms with Gasteiger partial charge in [0.15, 0.2) is 11.6 Å². The minimum atomic E-state index is -2.52. The van der Waals surface area contributed by atoms with Crippen LogP contribution >= 0.6 is 18.7 Å². The zero-order valence-corrected chi connectivity index (χ0v) is 24.4. The molecular weight excluding hydrogens is 537 g/mol. The van der Waals surface area contributed by atoms with Crippen LogP contribution in [0.5, 0.6) is 5.75 Å². The molecule has 3 aromatic rings. The van der Waals surface area contributed by atoms with E-state index >= 15 is 0 Å². The molecule has 2 aromatic carbocycles. The maximum Gasteiger partial charge on any atom is 0.229 e. The molecule has 0 unspecified atom stereocenters. The normalized spacial score (nSPS) is 16.9. The van der Waals surface area contributed by atoms with E-state index in [-0.39, 0.29) is 0 Å². The summed E-state index contributed by atoms with van der Waals surface area (Å²) in [7, 11) is -0.864. The predicted molar refractivity (Wildman–Crippen MR) is 158 cm³/mol. The van der Waals surface area contributed by atoms with E-state index in [0.29, 0.717) is 41.4 Å². The Balaban J connectivity index is 1.39. The van der Waals surface area contributed by atoms with E-state index in [4.69, 9.17) is 25.8 Å². The van der Waals surface area contributed by atoms with Crippen LogP contribution in [-0.2, 0) is 20.5 Å². The Hall–Kier alpha value is -2.84. The molecular formula is C28H35ClN5O4P. The fourth-order valence-electron chi connectivity index (χ4n) is 5.14. The number of nitrogens with one attached hydrogen (secondary N) is 2. The van der Waals surface area contributed by atoms with Gasteiger partial charge >= 0.3 is 0 Å². The minimum absolute atomic E-state index is 0.354. The molecule has 5 rings (SSSR count).